The first-order valence-electron chi connectivity index (χ1n) is 4.76. The number of rotatable bonds is 3. The Balaban J connectivity index is 2.24. The second-order valence-corrected chi connectivity index (χ2v) is 3.85. The van der Waals surface area contributed by atoms with Gasteiger partial charge in [0, 0.05) is 20.2 Å². The lowest BCUT2D eigenvalue weighted by molar-refractivity contribution is -0.173. The first kappa shape index (κ1) is 10.4. The topological polar surface area (TPSA) is 36.9 Å². The van der Waals surface area contributed by atoms with Crippen LogP contribution in [0.25, 0.3) is 0 Å². The number of fused-ring (bicyclic) bond motifs is 2. The fourth-order valence-corrected chi connectivity index (χ4v) is 2.34. The molecule has 0 aromatic rings. The second-order valence-electron chi connectivity index (χ2n) is 3.85. The van der Waals surface area contributed by atoms with Gasteiger partial charge in [0.05, 0.1) is 12.7 Å². The van der Waals surface area contributed by atoms with Gasteiger partial charge in [-0.1, -0.05) is 0 Å². The third-order valence-corrected chi connectivity index (χ3v) is 3.26. The van der Waals surface area contributed by atoms with Crippen molar-refractivity contribution in [3.05, 3.63) is 0 Å². The molecule has 2 radical (unpaired) electrons. The Hall–Kier alpha value is -0.0951. The highest BCUT2D eigenvalue weighted by molar-refractivity contribution is 6.11. The fourth-order valence-electron chi connectivity index (χ4n) is 2.34. The van der Waals surface area contributed by atoms with E-state index in [4.69, 9.17) is 26.8 Å². The van der Waals surface area contributed by atoms with E-state index in [1.54, 1.807) is 14.2 Å². The van der Waals surface area contributed by atoms with Crippen LogP contribution in [0.1, 0.15) is 6.92 Å². The highest BCUT2D eigenvalue weighted by Crippen LogP contribution is 2.43. The van der Waals surface area contributed by atoms with Crippen molar-refractivity contribution < 1.29 is 18.9 Å². The molecule has 0 amide bonds. The van der Waals surface area contributed by atoms with Crippen molar-refractivity contribution in [1.29, 1.82) is 0 Å². The molecule has 2 saturated heterocycles. The van der Waals surface area contributed by atoms with E-state index in [2.05, 4.69) is 0 Å². The largest absolute Gasteiger partial charge is 0.379 e. The van der Waals surface area contributed by atoms with Crippen molar-refractivity contribution in [2.75, 3.05) is 20.8 Å². The maximum Gasteiger partial charge on any atom is 0.145 e. The first-order valence-corrected chi connectivity index (χ1v) is 4.76. The van der Waals surface area contributed by atoms with Gasteiger partial charge in [-0.25, -0.2) is 0 Å². The van der Waals surface area contributed by atoms with Gasteiger partial charge >= 0.3 is 0 Å². The average molecular weight is 198 g/mol. The summed E-state index contributed by atoms with van der Waals surface area (Å²) in [6.07, 6.45) is -0.393. The van der Waals surface area contributed by atoms with Crippen molar-refractivity contribution in [1.82, 2.24) is 0 Å². The van der Waals surface area contributed by atoms with E-state index in [1.807, 2.05) is 6.92 Å². The monoisotopic (exact) mass is 198 g/mol. The van der Waals surface area contributed by atoms with Gasteiger partial charge in [0.1, 0.15) is 25.7 Å². The van der Waals surface area contributed by atoms with Crippen LogP contribution in [0.3, 0.4) is 0 Å². The third-order valence-electron chi connectivity index (χ3n) is 3.26. The summed E-state index contributed by atoms with van der Waals surface area (Å²) in [4.78, 5) is 0. The third kappa shape index (κ3) is 1.16. The van der Waals surface area contributed by atoms with Crippen LogP contribution >= 0.6 is 0 Å². The normalized spacial score (nSPS) is 48.4. The van der Waals surface area contributed by atoms with Crippen LogP contribution < -0.4 is 0 Å². The van der Waals surface area contributed by atoms with Crippen LogP contribution in [0.2, 0.25) is 0 Å². The predicted octanol–water partition coefficient (Wildman–Crippen LogP) is -0.301. The molecule has 2 heterocycles. The molecule has 5 heteroatoms. The zero-order valence-electron chi connectivity index (χ0n) is 8.73. The van der Waals surface area contributed by atoms with Crippen molar-refractivity contribution in [2.45, 2.75) is 36.8 Å². The van der Waals surface area contributed by atoms with Crippen LogP contribution in [0, 0.1) is 0 Å². The van der Waals surface area contributed by atoms with E-state index >= 15 is 0 Å². The lowest BCUT2D eigenvalue weighted by atomic mass is 9.89. The minimum atomic E-state index is -0.534. The van der Waals surface area contributed by atoms with Crippen molar-refractivity contribution in [3.8, 4) is 0 Å². The summed E-state index contributed by atoms with van der Waals surface area (Å²) in [5.74, 6) is 0. The molecule has 2 bridgehead atoms. The van der Waals surface area contributed by atoms with Crippen LogP contribution in [0.15, 0.2) is 0 Å². The Morgan fingerprint density at radius 2 is 2.21 bits per heavy atom. The molecule has 1 unspecified atom stereocenters. The minimum Gasteiger partial charge on any atom is -0.379 e. The van der Waals surface area contributed by atoms with Gasteiger partial charge in [-0.15, -0.1) is 0 Å². The molecular formula is C9H15BO4. The maximum absolute atomic E-state index is 5.78. The van der Waals surface area contributed by atoms with E-state index in [0.29, 0.717) is 6.61 Å². The number of hydrogen-bond acceptors (Lipinski definition) is 4. The van der Waals surface area contributed by atoms with Gasteiger partial charge in [0.15, 0.2) is 0 Å². The molecule has 2 fully saturated rings. The second kappa shape index (κ2) is 3.49. The van der Waals surface area contributed by atoms with Crippen LogP contribution in [-0.4, -0.2) is 58.6 Å². The van der Waals surface area contributed by atoms with Gasteiger partial charge in [-0.2, -0.15) is 0 Å². The molecule has 2 aliphatic heterocycles. The standard InChI is InChI=1S/C9H15BO4/c1-5(11-2)9-4-13-6(7(9)12-3)8(10)14-9/h5-8H,4H2,1-3H3/t5-,6?,7+,8+,9+/m0/s1. The van der Waals surface area contributed by atoms with Crippen molar-refractivity contribution in [3.63, 3.8) is 0 Å². The van der Waals surface area contributed by atoms with E-state index in [1.165, 1.54) is 0 Å². The first-order chi connectivity index (χ1) is 6.65. The van der Waals surface area contributed by atoms with Gasteiger partial charge in [-0.3, -0.25) is 0 Å². The van der Waals surface area contributed by atoms with Gasteiger partial charge in [-0.05, 0) is 6.92 Å². The summed E-state index contributed by atoms with van der Waals surface area (Å²) in [5.41, 5.74) is -0.534. The fraction of sp³-hybridized carbons (Fsp3) is 1.00. The van der Waals surface area contributed by atoms with E-state index in [-0.39, 0.29) is 18.3 Å². The zero-order valence-corrected chi connectivity index (χ0v) is 8.73. The van der Waals surface area contributed by atoms with Crippen molar-refractivity contribution in [2.24, 2.45) is 0 Å². The quantitative estimate of drug-likeness (QED) is 0.583. The molecular weight excluding hydrogens is 183 g/mol. The highest BCUT2D eigenvalue weighted by Gasteiger charge is 2.62. The molecule has 0 aromatic heterocycles. The Bertz CT molecular complexity index is 225. The number of hydrogen-bond donors (Lipinski definition) is 0. The Labute approximate surface area is 85.3 Å². The SMILES string of the molecule is [B][C@@H]1O[C@@]2([C@H](C)OC)COC1[C@H]2OC. The van der Waals surface area contributed by atoms with Gasteiger partial charge in [0.2, 0.25) is 0 Å². The molecule has 2 rings (SSSR count). The summed E-state index contributed by atoms with van der Waals surface area (Å²) in [6, 6.07) is -0.411. The number of methoxy groups -OCH3 is 2. The molecule has 4 nitrogen and oxygen atoms in total. The summed E-state index contributed by atoms with van der Waals surface area (Å²) in [7, 11) is 9.07. The summed E-state index contributed by atoms with van der Waals surface area (Å²) < 4.78 is 21.9. The van der Waals surface area contributed by atoms with E-state index < -0.39 is 11.6 Å². The van der Waals surface area contributed by atoms with Crippen LogP contribution in [0.4, 0.5) is 0 Å². The molecule has 0 N–H and O–H groups in total. The minimum absolute atomic E-state index is 0.0917. The Morgan fingerprint density at radius 1 is 1.50 bits per heavy atom. The number of ether oxygens (including phenoxy) is 4. The molecule has 5 atom stereocenters. The summed E-state index contributed by atoms with van der Waals surface area (Å²) in [5, 5.41) is 0. The molecule has 0 saturated carbocycles. The molecule has 0 spiro atoms. The van der Waals surface area contributed by atoms with Crippen LogP contribution in [0.5, 0.6) is 0 Å². The Kier molecular flexibility index (Phi) is 2.60. The van der Waals surface area contributed by atoms with E-state index in [9.17, 15) is 0 Å². The van der Waals surface area contributed by atoms with Crippen molar-refractivity contribution >= 4 is 7.85 Å². The molecule has 0 aromatic carbocycles. The van der Waals surface area contributed by atoms with Gasteiger partial charge < -0.3 is 18.9 Å². The van der Waals surface area contributed by atoms with E-state index in [0.717, 1.165) is 0 Å². The smallest absolute Gasteiger partial charge is 0.145 e. The average Bonchev–Trinajstić information content (AvgIpc) is 2.68. The van der Waals surface area contributed by atoms with Crippen LogP contribution in [-0.2, 0) is 18.9 Å². The lowest BCUT2D eigenvalue weighted by Crippen LogP contribution is -2.51. The summed E-state index contributed by atoms with van der Waals surface area (Å²) in [6.45, 7) is 2.43. The predicted molar refractivity (Wildman–Crippen MR) is 50.4 cm³/mol. The molecule has 2 aliphatic rings. The molecule has 78 valence electrons. The maximum atomic E-state index is 5.78. The lowest BCUT2D eigenvalue weighted by Gasteiger charge is -2.35. The molecule has 14 heavy (non-hydrogen) atoms. The summed E-state index contributed by atoms with van der Waals surface area (Å²) >= 11 is 0. The Morgan fingerprint density at radius 3 is 2.71 bits per heavy atom. The van der Waals surface area contributed by atoms with Gasteiger partial charge in [0.25, 0.3) is 0 Å². The molecule has 0 aliphatic carbocycles. The zero-order chi connectivity index (χ0) is 10.3. The highest BCUT2D eigenvalue weighted by atomic mass is 16.7.